The molecule has 0 N–H and O–H groups in total. The summed E-state index contributed by atoms with van der Waals surface area (Å²) in [6.07, 6.45) is 4.26. The molecular weight excluding hydrogens is 450 g/mol. The Morgan fingerprint density at radius 3 is 2.30 bits per heavy atom. The maximum absolute atomic E-state index is 12.6. The third kappa shape index (κ3) is 6.04. The minimum Gasteiger partial charge on any atom is -0.493 e. The standard InChI is InChI=1S/C23H28ClN3O6/c1-3-12-33-23-17(24)13-16(14-18(23)32-2)4-5-19(28)25-8-10-26(11-9-25)22(31)15-27-20(29)6-7-21(27)30/h4-5,13-14H,3,6-12,15H2,1-2H3/b5-4+. The van der Waals surface area contributed by atoms with E-state index in [-0.39, 0.29) is 43.0 Å². The van der Waals surface area contributed by atoms with Crippen LogP contribution < -0.4 is 9.47 Å². The van der Waals surface area contributed by atoms with Crippen LogP contribution in [-0.2, 0) is 19.2 Å². The summed E-state index contributed by atoms with van der Waals surface area (Å²) >= 11 is 6.32. The molecule has 0 aliphatic carbocycles. The van der Waals surface area contributed by atoms with E-state index in [1.54, 1.807) is 28.0 Å². The van der Waals surface area contributed by atoms with Crippen LogP contribution in [0.5, 0.6) is 11.5 Å². The third-order valence-corrected chi connectivity index (χ3v) is 5.79. The molecule has 1 aromatic rings. The number of rotatable bonds is 8. The van der Waals surface area contributed by atoms with E-state index in [9.17, 15) is 19.2 Å². The second-order valence-electron chi connectivity index (χ2n) is 7.80. The predicted octanol–water partition coefficient (Wildman–Crippen LogP) is 1.97. The van der Waals surface area contributed by atoms with Crippen molar-refractivity contribution >= 4 is 41.3 Å². The maximum atomic E-state index is 12.6. The van der Waals surface area contributed by atoms with E-state index in [4.69, 9.17) is 21.1 Å². The molecule has 2 aliphatic heterocycles. The summed E-state index contributed by atoms with van der Waals surface area (Å²) in [6, 6.07) is 3.45. The van der Waals surface area contributed by atoms with Gasteiger partial charge in [-0.25, -0.2) is 0 Å². The van der Waals surface area contributed by atoms with Crippen LogP contribution in [0.1, 0.15) is 31.7 Å². The molecule has 2 aliphatic rings. The normalized spacial score (nSPS) is 16.6. The minimum absolute atomic E-state index is 0.159. The van der Waals surface area contributed by atoms with Crippen LogP contribution in [0.25, 0.3) is 6.08 Å². The molecule has 4 amide bonds. The van der Waals surface area contributed by atoms with Gasteiger partial charge in [-0.1, -0.05) is 18.5 Å². The van der Waals surface area contributed by atoms with Gasteiger partial charge < -0.3 is 19.3 Å². The number of likely N-dealkylation sites (tertiary alicyclic amines) is 1. The molecule has 0 radical (unpaired) electrons. The van der Waals surface area contributed by atoms with Gasteiger partial charge in [-0.05, 0) is 30.2 Å². The van der Waals surface area contributed by atoms with Crippen molar-refractivity contribution in [3.63, 3.8) is 0 Å². The molecule has 1 aromatic carbocycles. The number of carbonyl (C=O) groups is 4. The lowest BCUT2D eigenvalue weighted by Gasteiger charge is -2.34. The maximum Gasteiger partial charge on any atom is 0.246 e. The molecule has 0 atom stereocenters. The molecule has 2 heterocycles. The summed E-state index contributed by atoms with van der Waals surface area (Å²) in [7, 11) is 1.53. The van der Waals surface area contributed by atoms with Crippen molar-refractivity contribution in [2.75, 3.05) is 46.4 Å². The molecule has 0 spiro atoms. The Labute approximate surface area is 197 Å². The second-order valence-corrected chi connectivity index (χ2v) is 8.20. The number of amides is 4. The summed E-state index contributed by atoms with van der Waals surface area (Å²) < 4.78 is 11.0. The van der Waals surface area contributed by atoms with E-state index < -0.39 is 0 Å². The van der Waals surface area contributed by atoms with E-state index >= 15 is 0 Å². The Hall–Kier alpha value is -3.07. The van der Waals surface area contributed by atoms with Gasteiger partial charge in [0.1, 0.15) is 6.54 Å². The Morgan fingerprint density at radius 2 is 1.70 bits per heavy atom. The van der Waals surface area contributed by atoms with E-state index in [0.717, 1.165) is 11.3 Å². The van der Waals surface area contributed by atoms with E-state index in [1.165, 1.54) is 13.2 Å². The van der Waals surface area contributed by atoms with Gasteiger partial charge in [0, 0.05) is 45.1 Å². The highest BCUT2D eigenvalue weighted by molar-refractivity contribution is 6.32. The predicted molar refractivity (Wildman–Crippen MR) is 122 cm³/mol. The molecule has 0 aromatic heterocycles. The van der Waals surface area contributed by atoms with E-state index in [2.05, 4.69) is 0 Å². The van der Waals surface area contributed by atoms with Crippen LogP contribution in [0.3, 0.4) is 0 Å². The Balaban J connectivity index is 1.54. The van der Waals surface area contributed by atoms with Crippen LogP contribution in [-0.4, -0.2) is 84.8 Å². The number of piperazine rings is 1. The number of benzene rings is 1. The smallest absolute Gasteiger partial charge is 0.246 e. The number of methoxy groups -OCH3 is 1. The first-order chi connectivity index (χ1) is 15.8. The number of hydrogen-bond donors (Lipinski definition) is 0. The number of nitrogens with zero attached hydrogens (tertiary/aromatic N) is 3. The number of hydrogen-bond acceptors (Lipinski definition) is 6. The van der Waals surface area contributed by atoms with Crippen molar-refractivity contribution < 1.29 is 28.7 Å². The summed E-state index contributed by atoms with van der Waals surface area (Å²) in [5.74, 6) is -0.127. The fraction of sp³-hybridized carbons (Fsp3) is 0.478. The van der Waals surface area contributed by atoms with Crippen molar-refractivity contribution in [1.29, 1.82) is 0 Å². The van der Waals surface area contributed by atoms with Gasteiger partial charge in [-0.3, -0.25) is 24.1 Å². The van der Waals surface area contributed by atoms with E-state index in [1.807, 2.05) is 6.92 Å². The summed E-state index contributed by atoms with van der Waals surface area (Å²) in [5, 5.41) is 0.400. The monoisotopic (exact) mass is 477 g/mol. The fourth-order valence-electron chi connectivity index (χ4n) is 3.66. The Morgan fingerprint density at radius 1 is 1.06 bits per heavy atom. The van der Waals surface area contributed by atoms with Gasteiger partial charge in [0.25, 0.3) is 0 Å². The van der Waals surface area contributed by atoms with Gasteiger partial charge in [-0.2, -0.15) is 0 Å². The minimum atomic E-state index is -0.311. The van der Waals surface area contributed by atoms with Gasteiger partial charge in [0.15, 0.2) is 11.5 Å². The molecule has 0 saturated carbocycles. The highest BCUT2D eigenvalue weighted by Gasteiger charge is 2.32. The molecule has 10 heteroatoms. The largest absolute Gasteiger partial charge is 0.493 e. The molecular formula is C23H28ClN3O6. The average molecular weight is 478 g/mol. The molecule has 3 rings (SSSR count). The summed E-state index contributed by atoms with van der Waals surface area (Å²) in [6.45, 7) is 3.70. The zero-order chi connectivity index (χ0) is 24.0. The first kappa shape index (κ1) is 24.6. The SMILES string of the molecule is CCCOc1c(Cl)cc(/C=C/C(=O)N2CCN(C(=O)CN3C(=O)CCC3=O)CC2)cc1OC. The zero-order valence-corrected chi connectivity index (χ0v) is 19.6. The van der Waals surface area contributed by atoms with Crippen molar-refractivity contribution in [3.8, 4) is 11.5 Å². The lowest BCUT2D eigenvalue weighted by atomic mass is 10.1. The van der Waals surface area contributed by atoms with Gasteiger partial charge in [0.2, 0.25) is 23.6 Å². The highest BCUT2D eigenvalue weighted by atomic mass is 35.5. The Kier molecular flexibility index (Phi) is 8.32. The molecule has 2 fully saturated rings. The Bertz CT molecular complexity index is 940. The number of imide groups is 1. The van der Waals surface area contributed by atoms with Gasteiger partial charge in [-0.15, -0.1) is 0 Å². The number of halogens is 1. The molecule has 33 heavy (non-hydrogen) atoms. The molecule has 0 bridgehead atoms. The lowest BCUT2D eigenvalue weighted by molar-refractivity contribution is -0.146. The number of ether oxygens (including phenoxy) is 2. The topological polar surface area (TPSA) is 96.5 Å². The lowest BCUT2D eigenvalue weighted by Crippen LogP contribution is -2.52. The van der Waals surface area contributed by atoms with Crippen LogP contribution in [0.15, 0.2) is 18.2 Å². The highest BCUT2D eigenvalue weighted by Crippen LogP contribution is 2.36. The molecule has 0 unspecified atom stereocenters. The fourth-order valence-corrected chi connectivity index (χ4v) is 3.94. The average Bonchev–Trinajstić information content (AvgIpc) is 3.13. The van der Waals surface area contributed by atoms with Crippen LogP contribution >= 0.6 is 11.6 Å². The van der Waals surface area contributed by atoms with Crippen LogP contribution in [0.2, 0.25) is 5.02 Å². The van der Waals surface area contributed by atoms with E-state index in [0.29, 0.717) is 54.9 Å². The van der Waals surface area contributed by atoms with Crippen molar-refractivity contribution in [1.82, 2.24) is 14.7 Å². The molecule has 2 saturated heterocycles. The van der Waals surface area contributed by atoms with Crippen LogP contribution in [0.4, 0.5) is 0 Å². The van der Waals surface area contributed by atoms with Crippen molar-refractivity contribution in [2.24, 2.45) is 0 Å². The van der Waals surface area contributed by atoms with Crippen LogP contribution in [0, 0.1) is 0 Å². The van der Waals surface area contributed by atoms with Gasteiger partial charge >= 0.3 is 0 Å². The summed E-state index contributed by atoms with van der Waals surface area (Å²) in [4.78, 5) is 52.7. The first-order valence-corrected chi connectivity index (χ1v) is 11.3. The first-order valence-electron chi connectivity index (χ1n) is 10.9. The third-order valence-electron chi connectivity index (χ3n) is 5.51. The number of carbonyl (C=O) groups excluding carboxylic acids is 4. The second kappa shape index (κ2) is 11.2. The molecule has 9 nitrogen and oxygen atoms in total. The quantitative estimate of drug-likeness (QED) is 0.419. The van der Waals surface area contributed by atoms with Crippen molar-refractivity contribution in [3.05, 3.63) is 28.8 Å². The van der Waals surface area contributed by atoms with Gasteiger partial charge in [0.05, 0.1) is 18.7 Å². The zero-order valence-electron chi connectivity index (χ0n) is 18.8. The summed E-state index contributed by atoms with van der Waals surface area (Å²) in [5.41, 5.74) is 0.697. The van der Waals surface area contributed by atoms with Crippen molar-refractivity contribution in [2.45, 2.75) is 26.2 Å². The molecule has 178 valence electrons.